The van der Waals surface area contributed by atoms with Crippen LogP contribution in [-0.2, 0) is 0 Å². The van der Waals surface area contributed by atoms with E-state index >= 15 is 0 Å². The number of para-hydroxylation sites is 1. The summed E-state index contributed by atoms with van der Waals surface area (Å²) < 4.78 is 18.8. The van der Waals surface area contributed by atoms with Crippen LogP contribution < -0.4 is 10.5 Å². The van der Waals surface area contributed by atoms with Gasteiger partial charge in [-0.2, -0.15) is 0 Å². The van der Waals surface area contributed by atoms with Gasteiger partial charge < -0.3 is 10.5 Å². The molecule has 100 valence electrons. The maximum atomic E-state index is 13.3. The molecule has 1 aromatic rings. The van der Waals surface area contributed by atoms with Crippen LogP contribution in [0.2, 0.25) is 0 Å². The number of hydrogen-bond acceptors (Lipinski definition) is 3. The van der Waals surface area contributed by atoms with Crippen molar-refractivity contribution in [2.24, 2.45) is 11.7 Å². The zero-order valence-electron chi connectivity index (χ0n) is 10.8. The highest BCUT2D eigenvalue weighted by molar-refractivity contribution is 5.23. The van der Waals surface area contributed by atoms with Crippen LogP contribution in [0, 0.1) is 11.7 Å². The van der Waals surface area contributed by atoms with Crippen molar-refractivity contribution in [1.29, 1.82) is 0 Å². The molecule has 0 spiro atoms. The smallest absolute Gasteiger partial charge is 0.165 e. The summed E-state index contributed by atoms with van der Waals surface area (Å²) >= 11 is 0. The molecule has 0 radical (unpaired) electrons. The van der Waals surface area contributed by atoms with Gasteiger partial charge in [0.25, 0.3) is 0 Å². The number of nitrogens with two attached hydrogens (primary N) is 1. The lowest BCUT2D eigenvalue weighted by atomic mass is 10.1. The van der Waals surface area contributed by atoms with Gasteiger partial charge in [0.15, 0.2) is 11.6 Å². The average molecular weight is 252 g/mol. The Labute approximate surface area is 108 Å². The molecular weight excluding hydrogens is 231 g/mol. The summed E-state index contributed by atoms with van der Waals surface area (Å²) in [6.07, 6.45) is 2.56. The highest BCUT2D eigenvalue weighted by Gasteiger charge is 2.32. The van der Waals surface area contributed by atoms with Gasteiger partial charge in [0, 0.05) is 19.1 Å². The van der Waals surface area contributed by atoms with Crippen LogP contribution in [0.1, 0.15) is 12.8 Å². The fourth-order valence-corrected chi connectivity index (χ4v) is 2.24. The lowest BCUT2D eigenvalue weighted by Crippen LogP contribution is -2.41. The third-order valence-electron chi connectivity index (χ3n) is 3.51. The Balaban J connectivity index is 1.76. The SMILES string of the molecule is CN(CCOc1ccccc1F)C(CN)C1CC1. The first-order valence-electron chi connectivity index (χ1n) is 6.50. The van der Waals surface area contributed by atoms with Crippen LogP contribution in [0.4, 0.5) is 4.39 Å². The quantitative estimate of drug-likeness (QED) is 0.805. The van der Waals surface area contributed by atoms with Crippen LogP contribution in [0.15, 0.2) is 24.3 Å². The molecule has 0 aliphatic heterocycles. The van der Waals surface area contributed by atoms with Crippen molar-refractivity contribution in [3.63, 3.8) is 0 Å². The summed E-state index contributed by atoms with van der Waals surface area (Å²) in [6, 6.07) is 6.93. The predicted molar refractivity (Wildman–Crippen MR) is 70.1 cm³/mol. The number of benzene rings is 1. The maximum absolute atomic E-state index is 13.3. The molecule has 0 heterocycles. The number of likely N-dealkylation sites (N-methyl/N-ethyl adjacent to an activating group) is 1. The second kappa shape index (κ2) is 6.16. The van der Waals surface area contributed by atoms with Gasteiger partial charge in [0.1, 0.15) is 6.61 Å². The molecule has 0 aromatic heterocycles. The number of halogens is 1. The predicted octanol–water partition coefficient (Wildman–Crippen LogP) is 1.87. The molecule has 1 saturated carbocycles. The van der Waals surface area contributed by atoms with Gasteiger partial charge in [-0.15, -0.1) is 0 Å². The molecule has 1 unspecified atom stereocenters. The molecule has 2 N–H and O–H groups in total. The van der Waals surface area contributed by atoms with Gasteiger partial charge in [0.2, 0.25) is 0 Å². The van der Waals surface area contributed by atoms with Crippen LogP contribution in [0.3, 0.4) is 0 Å². The van der Waals surface area contributed by atoms with Crippen molar-refractivity contribution in [2.75, 3.05) is 26.7 Å². The van der Waals surface area contributed by atoms with Crippen LogP contribution >= 0.6 is 0 Å². The molecule has 1 aliphatic carbocycles. The van der Waals surface area contributed by atoms with E-state index in [2.05, 4.69) is 11.9 Å². The molecular formula is C14H21FN2O. The highest BCUT2D eigenvalue weighted by Crippen LogP contribution is 2.34. The summed E-state index contributed by atoms with van der Waals surface area (Å²) in [5.41, 5.74) is 5.78. The first-order valence-corrected chi connectivity index (χ1v) is 6.50. The van der Waals surface area contributed by atoms with Gasteiger partial charge >= 0.3 is 0 Å². The Morgan fingerprint density at radius 3 is 2.78 bits per heavy atom. The minimum atomic E-state index is -0.308. The second-order valence-electron chi connectivity index (χ2n) is 4.90. The third kappa shape index (κ3) is 3.43. The normalized spacial score (nSPS) is 16.9. The van der Waals surface area contributed by atoms with Crippen molar-refractivity contribution in [3.8, 4) is 5.75 Å². The molecule has 0 amide bonds. The molecule has 1 atom stereocenters. The van der Waals surface area contributed by atoms with Crippen molar-refractivity contribution in [2.45, 2.75) is 18.9 Å². The summed E-state index contributed by atoms with van der Waals surface area (Å²) in [6.45, 7) is 1.94. The first kappa shape index (κ1) is 13.3. The Morgan fingerprint density at radius 2 is 2.17 bits per heavy atom. The van der Waals surface area contributed by atoms with Gasteiger partial charge in [-0.25, -0.2) is 4.39 Å². The van der Waals surface area contributed by atoms with Gasteiger partial charge in [-0.05, 0) is 37.9 Å². The van der Waals surface area contributed by atoms with E-state index in [1.54, 1.807) is 18.2 Å². The van der Waals surface area contributed by atoms with Crippen LogP contribution in [-0.4, -0.2) is 37.7 Å². The van der Waals surface area contributed by atoms with Crippen molar-refractivity contribution in [1.82, 2.24) is 4.90 Å². The summed E-state index contributed by atoms with van der Waals surface area (Å²) in [4.78, 5) is 2.22. The van der Waals surface area contributed by atoms with E-state index < -0.39 is 0 Å². The standard InChI is InChI=1S/C14H21FN2O/c1-17(13(10-16)11-6-7-11)8-9-18-14-5-3-2-4-12(14)15/h2-5,11,13H,6-10,16H2,1H3. The van der Waals surface area contributed by atoms with E-state index in [4.69, 9.17) is 10.5 Å². The molecule has 18 heavy (non-hydrogen) atoms. The molecule has 4 heteroatoms. The van der Waals surface area contributed by atoms with E-state index in [9.17, 15) is 4.39 Å². The minimum Gasteiger partial charge on any atom is -0.489 e. The first-order chi connectivity index (χ1) is 8.72. The summed E-state index contributed by atoms with van der Waals surface area (Å²) in [5, 5.41) is 0. The zero-order chi connectivity index (χ0) is 13.0. The largest absolute Gasteiger partial charge is 0.489 e. The maximum Gasteiger partial charge on any atom is 0.165 e. The van der Waals surface area contributed by atoms with Gasteiger partial charge in [-0.3, -0.25) is 4.90 Å². The molecule has 3 nitrogen and oxygen atoms in total. The number of hydrogen-bond donors (Lipinski definition) is 1. The summed E-state index contributed by atoms with van der Waals surface area (Å²) in [5.74, 6) is 0.757. The average Bonchev–Trinajstić information content (AvgIpc) is 3.17. The van der Waals surface area contributed by atoms with Crippen molar-refractivity contribution in [3.05, 3.63) is 30.1 Å². The van der Waals surface area contributed by atoms with E-state index in [1.165, 1.54) is 18.9 Å². The van der Waals surface area contributed by atoms with Gasteiger partial charge in [0.05, 0.1) is 0 Å². The van der Waals surface area contributed by atoms with E-state index in [0.717, 1.165) is 12.5 Å². The van der Waals surface area contributed by atoms with Crippen molar-refractivity contribution >= 4 is 0 Å². The van der Waals surface area contributed by atoms with E-state index in [0.29, 0.717) is 24.9 Å². The second-order valence-corrected chi connectivity index (χ2v) is 4.90. The topological polar surface area (TPSA) is 38.5 Å². The molecule has 0 bridgehead atoms. The fourth-order valence-electron chi connectivity index (χ4n) is 2.24. The lowest BCUT2D eigenvalue weighted by molar-refractivity contribution is 0.177. The zero-order valence-corrected chi connectivity index (χ0v) is 10.8. The Bertz CT molecular complexity index is 382. The molecule has 1 fully saturated rings. The molecule has 2 rings (SSSR count). The third-order valence-corrected chi connectivity index (χ3v) is 3.51. The number of rotatable bonds is 7. The lowest BCUT2D eigenvalue weighted by Gasteiger charge is -2.26. The van der Waals surface area contributed by atoms with E-state index in [1.807, 2.05) is 0 Å². The number of ether oxygens (including phenoxy) is 1. The Hall–Kier alpha value is -1.13. The van der Waals surface area contributed by atoms with Crippen LogP contribution in [0.5, 0.6) is 5.75 Å². The fraction of sp³-hybridized carbons (Fsp3) is 0.571. The Morgan fingerprint density at radius 1 is 1.44 bits per heavy atom. The highest BCUT2D eigenvalue weighted by atomic mass is 19.1. The molecule has 0 saturated heterocycles. The summed E-state index contributed by atoms with van der Waals surface area (Å²) in [7, 11) is 2.06. The van der Waals surface area contributed by atoms with Gasteiger partial charge in [-0.1, -0.05) is 12.1 Å². The molecule has 1 aliphatic rings. The van der Waals surface area contributed by atoms with Crippen molar-refractivity contribution < 1.29 is 9.13 Å². The number of nitrogens with zero attached hydrogens (tertiary/aromatic N) is 1. The Kier molecular flexibility index (Phi) is 4.55. The monoisotopic (exact) mass is 252 g/mol. The van der Waals surface area contributed by atoms with Crippen LogP contribution in [0.25, 0.3) is 0 Å². The van der Waals surface area contributed by atoms with E-state index in [-0.39, 0.29) is 5.82 Å². The minimum absolute atomic E-state index is 0.308. The molecule has 1 aromatic carbocycles.